The third-order valence-corrected chi connectivity index (χ3v) is 6.40. The second-order valence-corrected chi connectivity index (χ2v) is 11.1. The van der Waals surface area contributed by atoms with Crippen LogP contribution in [0.2, 0.25) is 0 Å². The Morgan fingerprint density at radius 3 is 0.698 bits per heavy atom. The van der Waals surface area contributed by atoms with Gasteiger partial charge in [-0.15, -0.1) is 0 Å². The molecule has 0 saturated carbocycles. The molecule has 17 nitrogen and oxygen atoms in total. The number of aliphatic hydroxyl groups is 1. The van der Waals surface area contributed by atoms with E-state index in [1.54, 1.807) is 0 Å². The second-order valence-electron chi connectivity index (χ2n) is 11.1. The summed E-state index contributed by atoms with van der Waals surface area (Å²) in [7, 11) is 0. The van der Waals surface area contributed by atoms with Crippen LogP contribution in [0.15, 0.2) is 0 Å². The molecular weight excluding hydrogens is 704 g/mol. The van der Waals surface area contributed by atoms with Crippen LogP contribution in [0, 0.1) is 0 Å². The minimum Gasteiger partial charge on any atom is -0.394 e. The van der Waals surface area contributed by atoms with Crippen LogP contribution in [0.4, 0.5) is 0 Å². The van der Waals surface area contributed by atoms with Gasteiger partial charge in [-0.3, -0.25) is 0 Å². The van der Waals surface area contributed by atoms with Gasteiger partial charge >= 0.3 is 0 Å². The molecule has 17 heteroatoms. The maximum atomic E-state index is 8.59. The summed E-state index contributed by atoms with van der Waals surface area (Å²) in [6.07, 6.45) is 1.09. The highest BCUT2D eigenvalue weighted by molar-refractivity contribution is 4.47. The first-order valence-corrected chi connectivity index (χ1v) is 19.2. The van der Waals surface area contributed by atoms with Crippen molar-refractivity contribution in [2.24, 2.45) is 0 Å². The summed E-state index contributed by atoms with van der Waals surface area (Å²) in [5.74, 6) is 0. The summed E-state index contributed by atoms with van der Waals surface area (Å²) in [4.78, 5) is 0. The first kappa shape index (κ1) is 52.3. The molecule has 0 aliphatic heterocycles. The second kappa shape index (κ2) is 49.3. The molecule has 0 aromatic heterocycles. The van der Waals surface area contributed by atoms with E-state index in [0.717, 1.165) is 13.0 Å². The normalized spacial score (nSPS) is 12.3. The van der Waals surface area contributed by atoms with Crippen LogP contribution in [0.5, 0.6) is 0 Å². The van der Waals surface area contributed by atoms with Gasteiger partial charge < -0.3 is 80.9 Å². The van der Waals surface area contributed by atoms with Crippen LogP contribution in [0.3, 0.4) is 0 Å². The van der Waals surface area contributed by atoms with Crippen molar-refractivity contribution in [2.45, 2.75) is 26.4 Å². The molecule has 0 bridgehead atoms. The van der Waals surface area contributed by atoms with Crippen molar-refractivity contribution in [2.75, 3.05) is 211 Å². The quantitative estimate of drug-likeness (QED) is 0.0870. The molecule has 0 fully saturated rings. The number of hydrogen-bond acceptors (Lipinski definition) is 17. The van der Waals surface area contributed by atoms with Gasteiger partial charge in [-0.2, -0.15) is 0 Å². The summed E-state index contributed by atoms with van der Waals surface area (Å²) < 4.78 is 87.2. The van der Waals surface area contributed by atoms with Gasteiger partial charge in [0.2, 0.25) is 0 Å². The Labute approximate surface area is 318 Å². The molecule has 0 aliphatic rings. The molecule has 53 heavy (non-hydrogen) atoms. The van der Waals surface area contributed by atoms with Crippen molar-refractivity contribution in [3.05, 3.63) is 0 Å². The maximum absolute atomic E-state index is 8.59. The van der Waals surface area contributed by atoms with Gasteiger partial charge in [0.15, 0.2) is 0 Å². The molecule has 1 atom stereocenters. The van der Waals surface area contributed by atoms with E-state index in [2.05, 4.69) is 6.92 Å². The minimum absolute atomic E-state index is 0.0226. The molecule has 0 saturated heterocycles. The zero-order valence-corrected chi connectivity index (χ0v) is 32.9. The highest BCUT2D eigenvalue weighted by Gasteiger charge is 2.02. The van der Waals surface area contributed by atoms with Crippen LogP contribution in [0.25, 0.3) is 0 Å². The summed E-state index contributed by atoms with van der Waals surface area (Å²) >= 11 is 0. The molecule has 0 amide bonds. The third kappa shape index (κ3) is 49.3. The van der Waals surface area contributed by atoms with Gasteiger partial charge in [-0.1, -0.05) is 6.92 Å². The first-order valence-electron chi connectivity index (χ1n) is 19.2. The molecule has 320 valence electrons. The van der Waals surface area contributed by atoms with E-state index in [1.165, 1.54) is 0 Å². The summed E-state index contributed by atoms with van der Waals surface area (Å²) in [6.45, 7) is 20.0. The Morgan fingerprint density at radius 1 is 0.283 bits per heavy atom. The number of rotatable bonds is 49. The lowest BCUT2D eigenvalue weighted by atomic mass is 10.4. The molecule has 0 radical (unpaired) electrons. The maximum Gasteiger partial charge on any atom is 0.0781 e. The Kier molecular flexibility index (Phi) is 48.7. The smallest absolute Gasteiger partial charge is 0.0781 e. The zero-order valence-electron chi connectivity index (χ0n) is 32.9. The van der Waals surface area contributed by atoms with Crippen molar-refractivity contribution < 1.29 is 80.9 Å². The topological polar surface area (TPSA) is 168 Å². The molecule has 0 aromatic rings. The number of aliphatic hydroxyl groups excluding tert-OH is 1. The monoisotopic (exact) mass is 778 g/mol. The van der Waals surface area contributed by atoms with Crippen molar-refractivity contribution in [1.82, 2.24) is 0 Å². The predicted molar refractivity (Wildman–Crippen MR) is 195 cm³/mol. The Hall–Kier alpha value is -0.680. The van der Waals surface area contributed by atoms with Crippen molar-refractivity contribution in [3.8, 4) is 0 Å². The van der Waals surface area contributed by atoms with E-state index >= 15 is 0 Å². The third-order valence-electron chi connectivity index (χ3n) is 6.40. The molecule has 0 aromatic carbocycles. The standard InChI is InChI=1S/C36H74O17/c1-3-5-52-35-36(2)53-34-33-51-32-31-50-30-29-49-28-27-48-26-25-47-24-23-46-22-21-45-20-19-44-18-17-43-16-15-42-14-13-41-12-11-40-10-9-39-8-7-38-6-4-37/h36-37H,3-35H2,1-2H3. The van der Waals surface area contributed by atoms with Crippen LogP contribution in [-0.2, 0) is 75.8 Å². The predicted octanol–water partition coefficient (Wildman–Crippen LogP) is 1.04. The molecule has 0 heterocycles. The van der Waals surface area contributed by atoms with E-state index < -0.39 is 0 Å². The van der Waals surface area contributed by atoms with Crippen LogP contribution in [0.1, 0.15) is 20.3 Å². The number of ether oxygens (including phenoxy) is 16. The van der Waals surface area contributed by atoms with E-state index in [0.29, 0.717) is 198 Å². The lowest BCUT2D eigenvalue weighted by molar-refractivity contribution is -0.0413. The first-order chi connectivity index (χ1) is 26.3. The summed E-state index contributed by atoms with van der Waals surface area (Å²) in [6, 6.07) is 0. The highest BCUT2D eigenvalue weighted by atomic mass is 16.6. The lowest BCUT2D eigenvalue weighted by Crippen LogP contribution is -2.19. The molecule has 1 N–H and O–H groups in total. The van der Waals surface area contributed by atoms with E-state index in [1.807, 2.05) is 6.92 Å². The Balaban J connectivity index is 3.07. The molecular formula is C36H74O17. The Bertz CT molecular complexity index is 641. The molecule has 0 spiro atoms. The van der Waals surface area contributed by atoms with E-state index in [9.17, 15) is 0 Å². The van der Waals surface area contributed by atoms with E-state index in [4.69, 9.17) is 80.9 Å². The molecule has 1 unspecified atom stereocenters. The largest absolute Gasteiger partial charge is 0.394 e. The van der Waals surface area contributed by atoms with Crippen LogP contribution in [-0.4, -0.2) is 223 Å². The SMILES string of the molecule is CCCOCC(C)OCCOCCOCCOCCOCCOCCOCCOCCOCCOCCOCCOCCOCCOCCOCCO. The average Bonchev–Trinajstić information content (AvgIpc) is 3.16. The van der Waals surface area contributed by atoms with Crippen molar-refractivity contribution in [1.29, 1.82) is 0 Å². The van der Waals surface area contributed by atoms with Gasteiger partial charge in [-0.05, 0) is 13.3 Å². The zero-order chi connectivity index (χ0) is 38.2. The highest BCUT2D eigenvalue weighted by Crippen LogP contribution is 1.94. The molecule has 0 rings (SSSR count). The van der Waals surface area contributed by atoms with E-state index in [-0.39, 0.29) is 12.7 Å². The van der Waals surface area contributed by atoms with Gasteiger partial charge in [0.1, 0.15) is 0 Å². The lowest BCUT2D eigenvalue weighted by Gasteiger charge is -2.13. The van der Waals surface area contributed by atoms with Gasteiger partial charge in [0, 0.05) is 6.61 Å². The summed E-state index contributed by atoms with van der Waals surface area (Å²) in [5, 5.41) is 8.59. The fourth-order valence-electron chi connectivity index (χ4n) is 3.78. The van der Waals surface area contributed by atoms with Gasteiger partial charge in [0.05, 0.1) is 211 Å². The fourth-order valence-corrected chi connectivity index (χ4v) is 3.78. The fraction of sp³-hybridized carbons (Fsp3) is 1.00. The van der Waals surface area contributed by atoms with Crippen LogP contribution >= 0.6 is 0 Å². The number of hydrogen-bond donors (Lipinski definition) is 1. The minimum atomic E-state index is 0.0226. The van der Waals surface area contributed by atoms with Gasteiger partial charge in [-0.25, -0.2) is 0 Å². The van der Waals surface area contributed by atoms with Crippen molar-refractivity contribution in [3.63, 3.8) is 0 Å². The summed E-state index contributed by atoms with van der Waals surface area (Å²) in [5.41, 5.74) is 0. The van der Waals surface area contributed by atoms with Gasteiger partial charge in [0.25, 0.3) is 0 Å². The van der Waals surface area contributed by atoms with Crippen LogP contribution < -0.4 is 0 Å². The Morgan fingerprint density at radius 2 is 0.491 bits per heavy atom. The average molecular weight is 779 g/mol. The van der Waals surface area contributed by atoms with Crippen molar-refractivity contribution >= 4 is 0 Å². The molecule has 0 aliphatic carbocycles.